The van der Waals surface area contributed by atoms with Crippen LogP contribution in [0.2, 0.25) is 0 Å². The number of nitrogens with zero attached hydrogens (tertiary/aromatic N) is 2. The molecule has 2 heterocycles. The molecule has 0 bridgehead atoms. The van der Waals surface area contributed by atoms with Crippen LogP contribution >= 0.6 is 0 Å². The van der Waals surface area contributed by atoms with E-state index in [2.05, 4.69) is 70.5 Å². The molecule has 2 aliphatic heterocycles. The van der Waals surface area contributed by atoms with Gasteiger partial charge in [-0.2, -0.15) is 0 Å². The molecule has 34 heavy (non-hydrogen) atoms. The van der Waals surface area contributed by atoms with Gasteiger partial charge in [-0.1, -0.05) is 60.7 Å². The molecule has 3 aromatic carbocycles. The van der Waals surface area contributed by atoms with Gasteiger partial charge in [-0.15, -0.1) is 0 Å². The predicted octanol–water partition coefficient (Wildman–Crippen LogP) is 5.43. The van der Waals surface area contributed by atoms with Crippen molar-refractivity contribution in [3.8, 4) is 5.75 Å². The first kappa shape index (κ1) is 22.7. The highest BCUT2D eigenvalue weighted by molar-refractivity contribution is 5.94. The molecule has 4 heteroatoms. The summed E-state index contributed by atoms with van der Waals surface area (Å²) in [5.74, 6) is 2.37. The van der Waals surface area contributed by atoms with Crippen molar-refractivity contribution in [1.29, 1.82) is 0 Å². The van der Waals surface area contributed by atoms with Crippen LogP contribution < -0.4 is 4.74 Å². The normalized spacial score (nSPS) is 21.5. The van der Waals surface area contributed by atoms with E-state index < -0.39 is 0 Å². The third-order valence-corrected chi connectivity index (χ3v) is 7.64. The minimum absolute atomic E-state index is 0.119. The lowest BCUT2D eigenvalue weighted by atomic mass is 9.86. The highest BCUT2D eigenvalue weighted by Gasteiger charge is 2.37. The van der Waals surface area contributed by atoms with Gasteiger partial charge in [0.25, 0.3) is 5.91 Å². The molecule has 4 nitrogen and oxygen atoms in total. The summed E-state index contributed by atoms with van der Waals surface area (Å²) in [5, 5.41) is 0. The molecule has 0 spiro atoms. The number of amides is 1. The molecule has 2 saturated heterocycles. The van der Waals surface area contributed by atoms with Gasteiger partial charge in [-0.3, -0.25) is 4.79 Å². The van der Waals surface area contributed by atoms with Crippen LogP contribution in [0.15, 0.2) is 84.9 Å². The second-order valence-corrected chi connectivity index (χ2v) is 9.70. The zero-order valence-corrected chi connectivity index (χ0v) is 20.0. The van der Waals surface area contributed by atoms with Gasteiger partial charge in [0, 0.05) is 31.1 Å². The van der Waals surface area contributed by atoms with Gasteiger partial charge in [0.1, 0.15) is 5.75 Å². The van der Waals surface area contributed by atoms with Crippen LogP contribution in [0.25, 0.3) is 0 Å². The first-order valence-electron chi connectivity index (χ1n) is 12.5. The fourth-order valence-corrected chi connectivity index (χ4v) is 5.72. The summed E-state index contributed by atoms with van der Waals surface area (Å²) < 4.78 is 5.26. The zero-order chi connectivity index (χ0) is 23.3. The Bertz CT molecular complexity index is 1060. The number of rotatable bonds is 6. The Labute approximate surface area is 203 Å². The standard InChI is InChI=1S/C30H34N2O2/c1-34-28-14-12-26(13-15-28)30(33)32-21-27(29(22-32)25-10-6-3-7-11-25)20-31-18-16-24(17-19-31)23-8-4-2-5-9-23/h2-15,24,27,29H,16-22H2,1H3/t27-,29?/m0/s1. The molecule has 2 aliphatic rings. The van der Waals surface area contributed by atoms with E-state index >= 15 is 0 Å². The SMILES string of the molecule is COc1ccc(C(=O)N2CC(c3ccccc3)[C@@H](CN3CCC(c4ccccc4)CC3)C2)cc1. The predicted molar refractivity (Wildman–Crippen MR) is 136 cm³/mol. The summed E-state index contributed by atoms with van der Waals surface area (Å²) in [5.41, 5.74) is 3.55. The second-order valence-electron chi connectivity index (χ2n) is 9.70. The van der Waals surface area contributed by atoms with Crippen LogP contribution in [0.3, 0.4) is 0 Å². The number of likely N-dealkylation sites (tertiary alicyclic amines) is 2. The Morgan fingerprint density at radius 2 is 1.44 bits per heavy atom. The van der Waals surface area contributed by atoms with Crippen LogP contribution in [-0.4, -0.2) is 55.5 Å². The van der Waals surface area contributed by atoms with Crippen LogP contribution in [0.4, 0.5) is 0 Å². The summed E-state index contributed by atoms with van der Waals surface area (Å²) >= 11 is 0. The Kier molecular flexibility index (Phi) is 6.96. The van der Waals surface area contributed by atoms with E-state index in [0.717, 1.165) is 44.0 Å². The van der Waals surface area contributed by atoms with Crippen molar-refractivity contribution in [3.63, 3.8) is 0 Å². The van der Waals surface area contributed by atoms with Crippen LogP contribution in [0.1, 0.15) is 46.2 Å². The van der Waals surface area contributed by atoms with Gasteiger partial charge in [-0.25, -0.2) is 0 Å². The molecule has 3 aromatic rings. The molecule has 0 N–H and O–H groups in total. The van der Waals surface area contributed by atoms with Crippen molar-refractivity contribution in [2.24, 2.45) is 5.92 Å². The van der Waals surface area contributed by atoms with E-state index in [1.807, 2.05) is 24.3 Å². The first-order chi connectivity index (χ1) is 16.7. The van der Waals surface area contributed by atoms with Crippen molar-refractivity contribution in [1.82, 2.24) is 9.80 Å². The zero-order valence-electron chi connectivity index (χ0n) is 20.0. The average Bonchev–Trinajstić information content (AvgIpc) is 3.33. The largest absolute Gasteiger partial charge is 0.497 e. The molecule has 5 rings (SSSR count). The molecule has 2 atom stereocenters. The molecule has 0 aromatic heterocycles. The summed E-state index contributed by atoms with van der Waals surface area (Å²) in [6.45, 7) is 4.89. The molecule has 0 radical (unpaired) electrons. The Balaban J connectivity index is 1.27. The van der Waals surface area contributed by atoms with E-state index in [-0.39, 0.29) is 5.91 Å². The smallest absolute Gasteiger partial charge is 0.253 e. The monoisotopic (exact) mass is 454 g/mol. The fraction of sp³-hybridized carbons (Fsp3) is 0.367. The lowest BCUT2D eigenvalue weighted by molar-refractivity contribution is 0.0781. The summed E-state index contributed by atoms with van der Waals surface area (Å²) in [6.07, 6.45) is 2.42. The molecule has 1 amide bonds. The third kappa shape index (κ3) is 5.02. The maximum absolute atomic E-state index is 13.3. The van der Waals surface area contributed by atoms with Crippen molar-refractivity contribution >= 4 is 5.91 Å². The van der Waals surface area contributed by atoms with Gasteiger partial charge in [0.15, 0.2) is 0 Å². The molecular formula is C30H34N2O2. The van der Waals surface area contributed by atoms with Gasteiger partial charge in [-0.05, 0) is 73.2 Å². The second kappa shape index (κ2) is 10.4. The van der Waals surface area contributed by atoms with Gasteiger partial charge < -0.3 is 14.5 Å². The Morgan fingerprint density at radius 1 is 0.824 bits per heavy atom. The Morgan fingerprint density at radius 3 is 2.06 bits per heavy atom. The molecule has 1 unspecified atom stereocenters. The lowest BCUT2D eigenvalue weighted by Gasteiger charge is -2.34. The van der Waals surface area contributed by atoms with E-state index in [0.29, 0.717) is 17.8 Å². The number of hydrogen-bond donors (Lipinski definition) is 0. The van der Waals surface area contributed by atoms with Crippen molar-refractivity contribution in [2.75, 3.05) is 39.8 Å². The molecule has 0 aliphatic carbocycles. The minimum Gasteiger partial charge on any atom is -0.497 e. The van der Waals surface area contributed by atoms with Crippen LogP contribution in [0.5, 0.6) is 5.75 Å². The molecule has 0 saturated carbocycles. The summed E-state index contributed by atoms with van der Waals surface area (Å²) in [6, 6.07) is 29.2. The molecular weight excluding hydrogens is 420 g/mol. The maximum Gasteiger partial charge on any atom is 0.253 e. The van der Waals surface area contributed by atoms with E-state index in [4.69, 9.17) is 4.74 Å². The number of ether oxygens (including phenoxy) is 1. The van der Waals surface area contributed by atoms with Crippen molar-refractivity contribution in [3.05, 3.63) is 102 Å². The number of piperidine rings is 1. The summed E-state index contributed by atoms with van der Waals surface area (Å²) in [7, 11) is 1.65. The van der Waals surface area contributed by atoms with Crippen LogP contribution in [-0.2, 0) is 0 Å². The average molecular weight is 455 g/mol. The van der Waals surface area contributed by atoms with Gasteiger partial charge in [0.2, 0.25) is 0 Å². The molecule has 176 valence electrons. The van der Waals surface area contributed by atoms with Crippen molar-refractivity contribution in [2.45, 2.75) is 24.7 Å². The lowest BCUT2D eigenvalue weighted by Crippen LogP contribution is -2.38. The maximum atomic E-state index is 13.3. The van der Waals surface area contributed by atoms with Gasteiger partial charge >= 0.3 is 0 Å². The summed E-state index contributed by atoms with van der Waals surface area (Å²) in [4.78, 5) is 18.0. The number of hydrogen-bond acceptors (Lipinski definition) is 3. The quantitative estimate of drug-likeness (QED) is 0.498. The third-order valence-electron chi connectivity index (χ3n) is 7.64. The topological polar surface area (TPSA) is 32.8 Å². The Hall–Kier alpha value is -3.11. The minimum atomic E-state index is 0.119. The van der Waals surface area contributed by atoms with E-state index in [1.54, 1.807) is 7.11 Å². The van der Waals surface area contributed by atoms with Crippen molar-refractivity contribution < 1.29 is 9.53 Å². The number of carbonyl (C=O) groups is 1. The highest BCUT2D eigenvalue weighted by Crippen LogP contribution is 2.36. The van der Waals surface area contributed by atoms with Crippen LogP contribution in [0, 0.1) is 5.92 Å². The number of benzene rings is 3. The first-order valence-corrected chi connectivity index (χ1v) is 12.5. The number of methoxy groups -OCH3 is 1. The number of carbonyl (C=O) groups excluding carboxylic acids is 1. The van der Waals surface area contributed by atoms with E-state index in [9.17, 15) is 4.79 Å². The molecule has 2 fully saturated rings. The van der Waals surface area contributed by atoms with E-state index in [1.165, 1.54) is 24.0 Å². The fourth-order valence-electron chi connectivity index (χ4n) is 5.72. The van der Waals surface area contributed by atoms with Gasteiger partial charge in [0.05, 0.1) is 7.11 Å². The highest BCUT2D eigenvalue weighted by atomic mass is 16.5.